The van der Waals surface area contributed by atoms with E-state index in [2.05, 4.69) is 31.7 Å². The molecule has 1 saturated heterocycles. The molecule has 2 atom stereocenters. The van der Waals surface area contributed by atoms with E-state index < -0.39 is 0 Å². The standard InChI is InChI=1S/C18H23NO/c1-4-5-13-6-8-15-14(12-13)7-9-16-18(15,2)11-10-17(20)19(16)3/h4,6,8,12,16H,1,5,7,9-11H2,2-3H3/t16-,18-/m1/s1. The molecule has 1 heterocycles. The largest absolute Gasteiger partial charge is 0.342 e. The van der Waals surface area contributed by atoms with E-state index in [4.69, 9.17) is 0 Å². The molecule has 20 heavy (non-hydrogen) atoms. The van der Waals surface area contributed by atoms with Crippen molar-refractivity contribution in [3.8, 4) is 0 Å². The van der Waals surface area contributed by atoms with Crippen LogP contribution in [0.15, 0.2) is 30.9 Å². The summed E-state index contributed by atoms with van der Waals surface area (Å²) in [5.74, 6) is 0.305. The van der Waals surface area contributed by atoms with Crippen LogP contribution in [0, 0.1) is 0 Å². The van der Waals surface area contributed by atoms with Gasteiger partial charge in [0.2, 0.25) is 5.91 Å². The van der Waals surface area contributed by atoms with Gasteiger partial charge in [-0.15, -0.1) is 6.58 Å². The molecule has 3 rings (SSSR count). The van der Waals surface area contributed by atoms with E-state index in [1.165, 1.54) is 16.7 Å². The van der Waals surface area contributed by atoms with Gasteiger partial charge in [-0.05, 0) is 42.4 Å². The maximum atomic E-state index is 12.0. The van der Waals surface area contributed by atoms with Crippen LogP contribution in [0.4, 0.5) is 0 Å². The van der Waals surface area contributed by atoms with Gasteiger partial charge in [0.25, 0.3) is 0 Å². The first kappa shape index (κ1) is 13.4. The number of likely N-dealkylation sites (tertiary alicyclic amines) is 1. The van der Waals surface area contributed by atoms with E-state index in [1.54, 1.807) is 0 Å². The molecule has 1 fully saturated rings. The van der Waals surface area contributed by atoms with Crippen LogP contribution in [-0.2, 0) is 23.1 Å². The van der Waals surface area contributed by atoms with Crippen molar-refractivity contribution in [1.82, 2.24) is 4.90 Å². The van der Waals surface area contributed by atoms with Gasteiger partial charge in [0.1, 0.15) is 0 Å². The Hall–Kier alpha value is -1.57. The van der Waals surface area contributed by atoms with Crippen LogP contribution in [0.25, 0.3) is 0 Å². The van der Waals surface area contributed by atoms with Crippen LogP contribution >= 0.6 is 0 Å². The van der Waals surface area contributed by atoms with Crippen molar-refractivity contribution in [2.45, 2.75) is 50.5 Å². The fourth-order valence-corrected chi connectivity index (χ4v) is 4.13. The Morgan fingerprint density at radius 3 is 3.00 bits per heavy atom. The highest BCUT2D eigenvalue weighted by molar-refractivity contribution is 5.78. The number of likely N-dealkylation sites (N-methyl/N-ethyl adjacent to an activating group) is 1. The molecule has 0 unspecified atom stereocenters. The predicted octanol–water partition coefficient (Wildman–Crippen LogP) is 3.24. The third-order valence-corrected chi connectivity index (χ3v) is 5.31. The Morgan fingerprint density at radius 1 is 1.45 bits per heavy atom. The molecule has 2 nitrogen and oxygen atoms in total. The van der Waals surface area contributed by atoms with Crippen molar-refractivity contribution in [3.63, 3.8) is 0 Å². The van der Waals surface area contributed by atoms with Gasteiger partial charge in [0.05, 0.1) is 0 Å². The summed E-state index contributed by atoms with van der Waals surface area (Å²) in [7, 11) is 1.97. The Bertz CT molecular complexity index is 563. The van der Waals surface area contributed by atoms with Gasteiger partial charge < -0.3 is 4.90 Å². The molecule has 1 aliphatic heterocycles. The summed E-state index contributed by atoms with van der Waals surface area (Å²) in [6.45, 7) is 6.16. The molecule has 2 aliphatic rings. The number of rotatable bonds is 2. The van der Waals surface area contributed by atoms with Crippen molar-refractivity contribution in [3.05, 3.63) is 47.5 Å². The number of amides is 1. The van der Waals surface area contributed by atoms with E-state index in [-0.39, 0.29) is 5.41 Å². The van der Waals surface area contributed by atoms with E-state index in [1.807, 2.05) is 18.0 Å². The molecule has 2 heteroatoms. The SMILES string of the molecule is C=CCc1ccc2c(c1)CC[C@H]1N(C)C(=O)CC[C@]21C. The van der Waals surface area contributed by atoms with Crippen LogP contribution in [-0.4, -0.2) is 23.9 Å². The highest BCUT2D eigenvalue weighted by Crippen LogP contribution is 2.45. The monoisotopic (exact) mass is 269 g/mol. The third-order valence-electron chi connectivity index (χ3n) is 5.31. The first-order valence-electron chi connectivity index (χ1n) is 7.55. The topological polar surface area (TPSA) is 20.3 Å². The first-order chi connectivity index (χ1) is 9.56. The molecule has 0 saturated carbocycles. The van der Waals surface area contributed by atoms with Crippen molar-refractivity contribution in [2.75, 3.05) is 7.05 Å². The van der Waals surface area contributed by atoms with E-state index in [0.717, 1.165) is 25.7 Å². The summed E-state index contributed by atoms with van der Waals surface area (Å²) in [6.07, 6.45) is 6.72. The zero-order valence-corrected chi connectivity index (χ0v) is 12.5. The van der Waals surface area contributed by atoms with Gasteiger partial charge in [0, 0.05) is 24.9 Å². The zero-order chi connectivity index (χ0) is 14.3. The van der Waals surface area contributed by atoms with E-state index >= 15 is 0 Å². The van der Waals surface area contributed by atoms with Crippen molar-refractivity contribution in [2.24, 2.45) is 0 Å². The molecule has 1 amide bonds. The molecule has 0 spiro atoms. The lowest BCUT2D eigenvalue weighted by atomic mass is 9.63. The molecule has 0 radical (unpaired) electrons. The second-order valence-electron chi connectivity index (χ2n) is 6.46. The minimum atomic E-state index is 0.128. The summed E-state index contributed by atoms with van der Waals surface area (Å²) in [4.78, 5) is 13.9. The quantitative estimate of drug-likeness (QED) is 0.755. The van der Waals surface area contributed by atoms with Gasteiger partial charge in [-0.1, -0.05) is 31.2 Å². The highest BCUT2D eigenvalue weighted by atomic mass is 16.2. The van der Waals surface area contributed by atoms with E-state index in [9.17, 15) is 4.79 Å². The fraction of sp³-hybridized carbons (Fsp3) is 0.500. The number of fused-ring (bicyclic) bond motifs is 3. The van der Waals surface area contributed by atoms with Crippen LogP contribution < -0.4 is 0 Å². The van der Waals surface area contributed by atoms with Gasteiger partial charge in [-0.25, -0.2) is 0 Å². The van der Waals surface area contributed by atoms with Crippen molar-refractivity contribution in [1.29, 1.82) is 0 Å². The number of benzene rings is 1. The summed E-state index contributed by atoms with van der Waals surface area (Å²) in [6, 6.07) is 7.23. The van der Waals surface area contributed by atoms with E-state index in [0.29, 0.717) is 18.4 Å². The predicted molar refractivity (Wildman–Crippen MR) is 81.8 cm³/mol. The van der Waals surface area contributed by atoms with Crippen LogP contribution in [0.3, 0.4) is 0 Å². The lowest BCUT2D eigenvalue weighted by molar-refractivity contribution is -0.138. The number of hydrogen-bond acceptors (Lipinski definition) is 1. The zero-order valence-electron chi connectivity index (χ0n) is 12.5. The van der Waals surface area contributed by atoms with Crippen LogP contribution in [0.5, 0.6) is 0 Å². The average molecular weight is 269 g/mol. The normalized spacial score (nSPS) is 28.8. The third kappa shape index (κ3) is 1.90. The smallest absolute Gasteiger partial charge is 0.222 e. The minimum Gasteiger partial charge on any atom is -0.342 e. The molecule has 106 valence electrons. The Balaban J connectivity index is 2.02. The molecule has 1 aromatic carbocycles. The molecular formula is C18H23NO. The van der Waals surface area contributed by atoms with Crippen LogP contribution in [0.1, 0.15) is 42.9 Å². The Labute approximate surface area is 121 Å². The maximum Gasteiger partial charge on any atom is 0.222 e. The van der Waals surface area contributed by atoms with Crippen molar-refractivity contribution < 1.29 is 4.79 Å². The number of nitrogens with zero attached hydrogens (tertiary/aromatic N) is 1. The van der Waals surface area contributed by atoms with Crippen molar-refractivity contribution >= 4 is 5.91 Å². The van der Waals surface area contributed by atoms with Gasteiger partial charge >= 0.3 is 0 Å². The molecular weight excluding hydrogens is 246 g/mol. The number of aryl methyl sites for hydroxylation is 1. The molecule has 0 bridgehead atoms. The lowest BCUT2D eigenvalue weighted by Crippen LogP contribution is -2.56. The number of carbonyl (C=O) groups excluding carboxylic acids is 1. The second-order valence-corrected chi connectivity index (χ2v) is 6.46. The fourth-order valence-electron chi connectivity index (χ4n) is 4.13. The number of piperidine rings is 1. The lowest BCUT2D eigenvalue weighted by Gasteiger charge is -2.50. The summed E-state index contributed by atoms with van der Waals surface area (Å²) < 4.78 is 0. The van der Waals surface area contributed by atoms with Gasteiger partial charge in [-0.2, -0.15) is 0 Å². The average Bonchev–Trinajstić information content (AvgIpc) is 2.44. The number of carbonyl (C=O) groups is 1. The Kier molecular flexibility index (Phi) is 3.19. The minimum absolute atomic E-state index is 0.128. The maximum absolute atomic E-state index is 12.0. The summed E-state index contributed by atoms with van der Waals surface area (Å²) >= 11 is 0. The highest BCUT2D eigenvalue weighted by Gasteiger charge is 2.46. The Morgan fingerprint density at radius 2 is 2.25 bits per heavy atom. The van der Waals surface area contributed by atoms with Gasteiger partial charge in [-0.3, -0.25) is 4.79 Å². The molecule has 0 aromatic heterocycles. The number of allylic oxidation sites excluding steroid dienone is 1. The summed E-state index contributed by atoms with van der Waals surface area (Å²) in [5, 5.41) is 0. The summed E-state index contributed by atoms with van der Waals surface area (Å²) in [5.41, 5.74) is 4.41. The second kappa shape index (κ2) is 4.76. The molecule has 1 aliphatic carbocycles. The number of hydrogen-bond donors (Lipinski definition) is 0. The molecule has 1 aromatic rings. The first-order valence-corrected chi connectivity index (χ1v) is 7.55. The molecule has 0 N–H and O–H groups in total. The van der Waals surface area contributed by atoms with Crippen LogP contribution in [0.2, 0.25) is 0 Å². The van der Waals surface area contributed by atoms with Gasteiger partial charge in [0.15, 0.2) is 0 Å².